The van der Waals surface area contributed by atoms with Gasteiger partial charge in [-0.2, -0.15) is 5.26 Å². The van der Waals surface area contributed by atoms with Gasteiger partial charge in [-0.3, -0.25) is 4.79 Å². The molecule has 2 amide bonds. The summed E-state index contributed by atoms with van der Waals surface area (Å²) in [5, 5.41) is 37.4. The van der Waals surface area contributed by atoms with Crippen LogP contribution in [0.25, 0.3) is 0 Å². The summed E-state index contributed by atoms with van der Waals surface area (Å²) < 4.78 is 34.9. The van der Waals surface area contributed by atoms with Crippen LogP contribution < -0.4 is 14.8 Å². The quantitative estimate of drug-likeness (QED) is 0.0472. The Morgan fingerprint density at radius 2 is 1.69 bits per heavy atom. The third-order valence-electron chi connectivity index (χ3n) is 12.7. The van der Waals surface area contributed by atoms with Gasteiger partial charge in [0.15, 0.2) is 0 Å². The van der Waals surface area contributed by atoms with Crippen molar-refractivity contribution in [1.82, 2.24) is 10.2 Å². The van der Waals surface area contributed by atoms with Crippen LogP contribution in [0.3, 0.4) is 0 Å². The van der Waals surface area contributed by atoms with Gasteiger partial charge in [-0.25, -0.2) is 9.18 Å². The fourth-order valence-corrected chi connectivity index (χ4v) is 9.78. The number of nitriles is 1. The normalized spacial score (nSPS) is 22.3. The van der Waals surface area contributed by atoms with Gasteiger partial charge in [-0.15, -0.1) is 6.58 Å². The first-order chi connectivity index (χ1) is 32.4. The standard InChI is InChI=1S/C54H61FN4O8/c1-5-29-64-54-48(59(35-38-19-23-41(55)24-20-38)51(62)39-21-17-36(33-56)18-22-39)32-46(58-67-53(2,3)4)44-30-40(15-9-11-27-60)43(16-10-12-28-61)49(50(44)54)45-31-42(25-26-47(45)66-54)65-52(63)57-34-37-13-7-6-8-14-37/h5-8,13-14,17-26,30-31,40,43,48-50,60-61H,1,9-12,15-16,27-29,32,34-35H2,2-4H3,(H,57,63). The lowest BCUT2D eigenvalue weighted by molar-refractivity contribution is -0.255. The molecular formula is C54H61FN4O8. The second-order valence-corrected chi connectivity index (χ2v) is 18.5. The molecule has 1 saturated carbocycles. The molecule has 6 atom stereocenters. The molecule has 3 N–H and O–H groups in total. The van der Waals surface area contributed by atoms with E-state index < -0.39 is 35.3 Å². The van der Waals surface area contributed by atoms with Gasteiger partial charge in [-0.05, 0) is 130 Å². The van der Waals surface area contributed by atoms with Crippen molar-refractivity contribution in [2.24, 2.45) is 22.9 Å². The number of fused-ring (bicyclic) bond motifs is 2. The zero-order valence-corrected chi connectivity index (χ0v) is 38.5. The van der Waals surface area contributed by atoms with E-state index in [1.807, 2.05) is 57.2 Å². The number of hydrogen-bond acceptors (Lipinski definition) is 10. The molecule has 7 rings (SSSR count). The minimum atomic E-state index is -1.60. The number of aliphatic hydroxyl groups excluding tert-OH is 2. The molecule has 6 unspecified atom stereocenters. The van der Waals surface area contributed by atoms with E-state index in [1.54, 1.807) is 59.5 Å². The summed E-state index contributed by atoms with van der Waals surface area (Å²) in [5.74, 6) is -2.75. The van der Waals surface area contributed by atoms with E-state index in [0.717, 1.165) is 29.5 Å². The van der Waals surface area contributed by atoms with Crippen molar-refractivity contribution in [3.8, 4) is 17.6 Å². The van der Waals surface area contributed by atoms with Gasteiger partial charge in [0.2, 0.25) is 5.79 Å². The third kappa shape index (κ3) is 11.4. The second-order valence-electron chi connectivity index (χ2n) is 18.5. The number of carbonyl (C=O) groups is 2. The Morgan fingerprint density at radius 1 is 0.970 bits per heavy atom. The number of hydrogen-bond donors (Lipinski definition) is 3. The lowest BCUT2D eigenvalue weighted by Crippen LogP contribution is -2.70. The summed E-state index contributed by atoms with van der Waals surface area (Å²) in [6, 6.07) is 28.5. The minimum absolute atomic E-state index is 0.0254. The number of benzene rings is 4. The van der Waals surface area contributed by atoms with E-state index in [-0.39, 0.29) is 63.0 Å². The maximum Gasteiger partial charge on any atom is 0.412 e. The predicted octanol–water partition coefficient (Wildman–Crippen LogP) is 9.76. The van der Waals surface area contributed by atoms with Crippen LogP contribution in [0.5, 0.6) is 11.5 Å². The number of carbonyl (C=O) groups excluding carboxylic acids is 2. The first-order valence-electron chi connectivity index (χ1n) is 23.2. The van der Waals surface area contributed by atoms with E-state index in [9.17, 15) is 24.7 Å². The summed E-state index contributed by atoms with van der Waals surface area (Å²) in [4.78, 5) is 36.6. The van der Waals surface area contributed by atoms with E-state index in [1.165, 1.54) is 12.1 Å². The van der Waals surface area contributed by atoms with Crippen LogP contribution in [0.4, 0.5) is 9.18 Å². The molecule has 13 heteroatoms. The Hall–Kier alpha value is -6.33. The molecule has 2 aliphatic carbocycles. The Labute approximate surface area is 392 Å². The van der Waals surface area contributed by atoms with Gasteiger partial charge in [0, 0.05) is 49.8 Å². The lowest BCUT2D eigenvalue weighted by atomic mass is 9.55. The molecule has 4 aromatic rings. The number of nitrogens with one attached hydrogen (secondary N) is 1. The molecule has 0 radical (unpaired) electrons. The highest BCUT2D eigenvalue weighted by Gasteiger charge is 2.65. The summed E-state index contributed by atoms with van der Waals surface area (Å²) in [7, 11) is 0. The van der Waals surface area contributed by atoms with E-state index in [2.05, 4.69) is 24.0 Å². The molecule has 0 aromatic heterocycles. The van der Waals surface area contributed by atoms with Crippen molar-refractivity contribution in [3.63, 3.8) is 0 Å². The smallest absolute Gasteiger partial charge is 0.412 e. The number of allylic oxidation sites excluding steroid dienone is 1. The molecule has 0 saturated heterocycles. The number of ether oxygens (including phenoxy) is 3. The predicted molar refractivity (Wildman–Crippen MR) is 253 cm³/mol. The largest absolute Gasteiger partial charge is 0.459 e. The number of amides is 2. The summed E-state index contributed by atoms with van der Waals surface area (Å²) in [6.07, 6.45) is 7.52. The van der Waals surface area contributed by atoms with Gasteiger partial charge in [0.25, 0.3) is 5.91 Å². The van der Waals surface area contributed by atoms with E-state index in [4.69, 9.17) is 24.2 Å². The van der Waals surface area contributed by atoms with Crippen LogP contribution in [-0.4, -0.2) is 70.1 Å². The zero-order chi connectivity index (χ0) is 47.6. The van der Waals surface area contributed by atoms with Crippen LogP contribution in [0, 0.1) is 34.9 Å². The number of oxime groups is 1. The van der Waals surface area contributed by atoms with E-state index >= 15 is 4.79 Å². The molecule has 0 bridgehead atoms. The van der Waals surface area contributed by atoms with Gasteiger partial charge in [0.1, 0.15) is 29.0 Å². The van der Waals surface area contributed by atoms with Crippen LogP contribution in [0.15, 0.2) is 127 Å². The average Bonchev–Trinajstić information content (AvgIpc) is 3.33. The molecule has 4 aromatic carbocycles. The highest BCUT2D eigenvalue weighted by atomic mass is 19.1. The zero-order valence-electron chi connectivity index (χ0n) is 38.5. The molecule has 12 nitrogen and oxygen atoms in total. The van der Waals surface area contributed by atoms with Crippen LogP contribution in [-0.2, 0) is 22.7 Å². The Morgan fingerprint density at radius 3 is 2.36 bits per heavy atom. The topological polar surface area (TPSA) is 163 Å². The molecule has 3 aliphatic rings. The Balaban J connectivity index is 1.45. The SMILES string of the molecule is C=CCOC12Oc3ccc(OC(=O)NCc4ccccc4)cc3C3C(CCCCO)C(CCCCO)C=C(C(=NOC(C)(C)C)CC1N(Cc1ccc(F)cc1)C(=O)c1ccc(C#N)cc1)C32. The number of unbranched alkanes of at least 4 members (excludes halogenated alkanes) is 2. The fraction of sp³-hybridized carbons (Fsp3) is 0.407. The number of nitrogens with zero attached hydrogens (tertiary/aromatic N) is 3. The van der Waals surface area contributed by atoms with Crippen LogP contribution >= 0.6 is 0 Å². The van der Waals surface area contributed by atoms with Crippen molar-refractivity contribution in [2.45, 2.75) is 102 Å². The first-order valence-corrected chi connectivity index (χ1v) is 23.2. The van der Waals surface area contributed by atoms with Crippen molar-refractivity contribution >= 4 is 17.7 Å². The number of aliphatic hydroxyl groups is 2. The van der Waals surface area contributed by atoms with Gasteiger partial charge in [0.05, 0.1) is 29.9 Å². The average molecular weight is 913 g/mol. The fourth-order valence-electron chi connectivity index (χ4n) is 9.78. The first kappa shape index (κ1) is 48.6. The summed E-state index contributed by atoms with van der Waals surface area (Å²) in [5.41, 5.74) is 3.82. The summed E-state index contributed by atoms with van der Waals surface area (Å²) in [6.45, 7) is 10.2. The third-order valence-corrected chi connectivity index (χ3v) is 12.7. The van der Waals surface area contributed by atoms with Crippen LogP contribution in [0.2, 0.25) is 0 Å². The molecule has 1 fully saturated rings. The van der Waals surface area contributed by atoms with Crippen molar-refractivity contribution in [2.75, 3.05) is 19.8 Å². The molecule has 1 aliphatic heterocycles. The molecule has 67 heavy (non-hydrogen) atoms. The van der Waals surface area contributed by atoms with Gasteiger partial charge >= 0.3 is 6.09 Å². The second kappa shape index (κ2) is 22.0. The highest BCUT2D eigenvalue weighted by molar-refractivity contribution is 6.03. The summed E-state index contributed by atoms with van der Waals surface area (Å²) >= 11 is 0. The van der Waals surface area contributed by atoms with Crippen LogP contribution in [0.1, 0.15) is 104 Å². The van der Waals surface area contributed by atoms with Gasteiger partial charge in [-0.1, -0.05) is 72.6 Å². The minimum Gasteiger partial charge on any atom is -0.459 e. The highest BCUT2D eigenvalue weighted by Crippen LogP contribution is 2.62. The monoisotopic (exact) mass is 912 g/mol. The maximum absolute atomic E-state index is 15.3. The molecule has 352 valence electrons. The number of rotatable bonds is 19. The van der Waals surface area contributed by atoms with Crippen molar-refractivity contribution in [1.29, 1.82) is 5.26 Å². The van der Waals surface area contributed by atoms with Crippen molar-refractivity contribution < 1.29 is 43.2 Å². The molecule has 0 spiro atoms. The van der Waals surface area contributed by atoms with Gasteiger partial charge < -0.3 is 39.5 Å². The number of halogens is 1. The lowest BCUT2D eigenvalue weighted by Gasteiger charge is -2.60. The van der Waals surface area contributed by atoms with Crippen molar-refractivity contribution in [3.05, 3.63) is 155 Å². The maximum atomic E-state index is 15.3. The van der Waals surface area contributed by atoms with E-state index in [0.29, 0.717) is 59.6 Å². The molecular weight excluding hydrogens is 852 g/mol. The molecule has 1 heterocycles. The Bertz CT molecular complexity index is 2450. The Kier molecular flexibility index (Phi) is 15.9.